The number of rotatable bonds is 5. The van der Waals surface area contributed by atoms with Crippen molar-refractivity contribution in [3.63, 3.8) is 0 Å². The molecule has 2 N–H and O–H groups in total. The van der Waals surface area contributed by atoms with Crippen molar-refractivity contribution in [1.82, 2.24) is 9.88 Å². The molecule has 4 rings (SSSR count). The van der Waals surface area contributed by atoms with Crippen molar-refractivity contribution in [1.29, 1.82) is 0 Å². The molecule has 0 radical (unpaired) electrons. The van der Waals surface area contributed by atoms with Crippen molar-refractivity contribution in [3.05, 3.63) is 71.3 Å². The first-order valence-electron chi connectivity index (χ1n) is 9.24. The summed E-state index contributed by atoms with van der Waals surface area (Å²) in [6.07, 6.45) is 0.726. The number of hydrogen-bond acceptors (Lipinski definition) is 4. The standard InChI is InChI=1S/C22H23N3O2/c1-15-6-8-16(9-7-15)13-25-11-10-20(22(25)27)24-21-18(14-26)12-17-4-2-3-5-19(17)23-21/h2-9,12,20,26H,10-11,13-14H2,1H3,(H,23,24). The van der Waals surface area contributed by atoms with Crippen LogP contribution in [0, 0.1) is 6.92 Å². The summed E-state index contributed by atoms with van der Waals surface area (Å²) in [5, 5.41) is 14.0. The van der Waals surface area contributed by atoms with Gasteiger partial charge in [-0.3, -0.25) is 4.79 Å². The second-order valence-corrected chi connectivity index (χ2v) is 7.08. The lowest BCUT2D eigenvalue weighted by molar-refractivity contribution is -0.128. The van der Waals surface area contributed by atoms with Gasteiger partial charge in [-0.1, -0.05) is 48.0 Å². The van der Waals surface area contributed by atoms with Crippen LogP contribution in [0.25, 0.3) is 10.9 Å². The number of aryl methyl sites for hydroxylation is 1. The van der Waals surface area contributed by atoms with E-state index in [1.54, 1.807) is 0 Å². The first kappa shape index (κ1) is 17.5. The van der Waals surface area contributed by atoms with Gasteiger partial charge in [0.2, 0.25) is 5.91 Å². The van der Waals surface area contributed by atoms with Crippen LogP contribution in [0.1, 0.15) is 23.1 Å². The molecule has 0 saturated carbocycles. The van der Waals surface area contributed by atoms with Crippen LogP contribution in [0.4, 0.5) is 5.82 Å². The van der Waals surface area contributed by atoms with Crippen LogP contribution in [0.15, 0.2) is 54.6 Å². The predicted molar refractivity (Wildman–Crippen MR) is 106 cm³/mol. The van der Waals surface area contributed by atoms with Gasteiger partial charge in [-0.25, -0.2) is 4.98 Å². The van der Waals surface area contributed by atoms with E-state index in [1.807, 2.05) is 35.2 Å². The van der Waals surface area contributed by atoms with Gasteiger partial charge >= 0.3 is 0 Å². The van der Waals surface area contributed by atoms with Gasteiger partial charge in [0.15, 0.2) is 0 Å². The average Bonchev–Trinajstić information content (AvgIpc) is 3.02. The quantitative estimate of drug-likeness (QED) is 0.732. The average molecular weight is 361 g/mol. The highest BCUT2D eigenvalue weighted by Crippen LogP contribution is 2.24. The van der Waals surface area contributed by atoms with Gasteiger partial charge in [-0.15, -0.1) is 0 Å². The third-order valence-electron chi connectivity index (χ3n) is 5.08. The molecule has 0 spiro atoms. The van der Waals surface area contributed by atoms with E-state index in [2.05, 4.69) is 41.5 Å². The van der Waals surface area contributed by atoms with Crippen LogP contribution < -0.4 is 5.32 Å². The molecular formula is C22H23N3O2. The molecule has 138 valence electrons. The molecule has 5 heteroatoms. The van der Waals surface area contributed by atoms with E-state index < -0.39 is 0 Å². The van der Waals surface area contributed by atoms with Gasteiger partial charge in [0.05, 0.1) is 12.1 Å². The summed E-state index contributed by atoms with van der Waals surface area (Å²) in [6, 6.07) is 17.7. The zero-order chi connectivity index (χ0) is 18.8. The van der Waals surface area contributed by atoms with Crippen LogP contribution in [-0.4, -0.2) is 33.5 Å². The number of aliphatic hydroxyl groups is 1. The second-order valence-electron chi connectivity index (χ2n) is 7.08. The normalized spacial score (nSPS) is 16.9. The van der Waals surface area contributed by atoms with Gasteiger partial charge in [0.25, 0.3) is 0 Å². The highest BCUT2D eigenvalue weighted by Gasteiger charge is 2.32. The van der Waals surface area contributed by atoms with Crippen LogP contribution in [-0.2, 0) is 17.9 Å². The Bertz CT molecular complexity index is 969. The molecule has 1 saturated heterocycles. The van der Waals surface area contributed by atoms with Crippen molar-refractivity contribution >= 4 is 22.6 Å². The smallest absolute Gasteiger partial charge is 0.245 e. The van der Waals surface area contributed by atoms with E-state index in [9.17, 15) is 9.90 Å². The number of nitrogens with one attached hydrogen (secondary N) is 1. The summed E-state index contributed by atoms with van der Waals surface area (Å²) in [6.45, 7) is 3.27. The summed E-state index contributed by atoms with van der Waals surface area (Å²) in [5.41, 5.74) is 3.90. The Morgan fingerprint density at radius 3 is 2.74 bits per heavy atom. The fourth-order valence-corrected chi connectivity index (χ4v) is 3.51. The molecular weight excluding hydrogens is 338 g/mol. The predicted octanol–water partition coefficient (Wildman–Crippen LogP) is 3.25. The van der Waals surface area contributed by atoms with Crippen molar-refractivity contribution in [3.8, 4) is 0 Å². The fraction of sp³-hybridized carbons (Fsp3) is 0.273. The Morgan fingerprint density at radius 1 is 1.19 bits per heavy atom. The lowest BCUT2D eigenvalue weighted by Crippen LogP contribution is -2.33. The number of amides is 1. The molecule has 0 bridgehead atoms. The maximum absolute atomic E-state index is 12.8. The third-order valence-corrected chi connectivity index (χ3v) is 5.08. The number of hydrogen-bond donors (Lipinski definition) is 2. The molecule has 1 aliphatic rings. The minimum Gasteiger partial charge on any atom is -0.392 e. The molecule has 1 amide bonds. The van der Waals surface area contributed by atoms with Crippen LogP contribution in [0.5, 0.6) is 0 Å². The molecule has 5 nitrogen and oxygen atoms in total. The zero-order valence-electron chi connectivity index (χ0n) is 15.4. The summed E-state index contributed by atoms with van der Waals surface area (Å²) >= 11 is 0. The van der Waals surface area contributed by atoms with Crippen LogP contribution >= 0.6 is 0 Å². The fourth-order valence-electron chi connectivity index (χ4n) is 3.51. The number of aliphatic hydroxyl groups excluding tert-OH is 1. The Kier molecular flexibility index (Phi) is 4.77. The summed E-state index contributed by atoms with van der Waals surface area (Å²) in [5.74, 6) is 0.668. The van der Waals surface area contributed by atoms with E-state index in [1.165, 1.54) is 5.56 Å². The monoisotopic (exact) mass is 361 g/mol. The molecule has 2 heterocycles. The first-order valence-corrected chi connectivity index (χ1v) is 9.24. The van der Waals surface area contributed by atoms with Gasteiger partial charge in [0.1, 0.15) is 11.9 Å². The zero-order valence-corrected chi connectivity index (χ0v) is 15.4. The van der Waals surface area contributed by atoms with Gasteiger partial charge in [-0.05, 0) is 31.0 Å². The molecule has 1 aliphatic heterocycles. The van der Waals surface area contributed by atoms with Crippen LogP contribution in [0.3, 0.4) is 0 Å². The molecule has 1 aromatic heterocycles. The summed E-state index contributed by atoms with van der Waals surface area (Å²) in [4.78, 5) is 19.3. The summed E-state index contributed by atoms with van der Waals surface area (Å²) in [7, 11) is 0. The number of para-hydroxylation sites is 1. The molecule has 1 fully saturated rings. The van der Waals surface area contributed by atoms with E-state index in [-0.39, 0.29) is 18.6 Å². The minimum atomic E-state index is -0.311. The lowest BCUT2D eigenvalue weighted by Gasteiger charge is -2.18. The molecule has 27 heavy (non-hydrogen) atoms. The van der Waals surface area contributed by atoms with E-state index in [0.717, 1.165) is 22.9 Å². The molecule has 1 atom stereocenters. The minimum absolute atomic E-state index is 0.0782. The van der Waals surface area contributed by atoms with Crippen molar-refractivity contribution in [2.75, 3.05) is 11.9 Å². The number of aromatic nitrogens is 1. The summed E-state index contributed by atoms with van der Waals surface area (Å²) < 4.78 is 0. The second kappa shape index (κ2) is 7.37. The van der Waals surface area contributed by atoms with Crippen molar-refractivity contribution in [2.45, 2.75) is 32.5 Å². The van der Waals surface area contributed by atoms with E-state index >= 15 is 0 Å². The molecule has 1 unspecified atom stereocenters. The topological polar surface area (TPSA) is 65.5 Å². The number of anilines is 1. The third kappa shape index (κ3) is 3.64. The number of fused-ring (bicyclic) bond motifs is 1. The Morgan fingerprint density at radius 2 is 1.96 bits per heavy atom. The molecule has 3 aromatic rings. The van der Waals surface area contributed by atoms with Gasteiger partial charge in [-0.2, -0.15) is 0 Å². The maximum Gasteiger partial charge on any atom is 0.245 e. The number of pyridine rings is 1. The van der Waals surface area contributed by atoms with E-state index in [4.69, 9.17) is 0 Å². The molecule has 2 aromatic carbocycles. The van der Waals surface area contributed by atoms with E-state index in [0.29, 0.717) is 24.5 Å². The first-order chi connectivity index (χ1) is 13.1. The Hall–Kier alpha value is -2.92. The number of carbonyl (C=O) groups is 1. The van der Waals surface area contributed by atoms with Crippen LogP contribution in [0.2, 0.25) is 0 Å². The van der Waals surface area contributed by atoms with Crippen molar-refractivity contribution < 1.29 is 9.90 Å². The maximum atomic E-state index is 12.8. The molecule has 0 aliphatic carbocycles. The SMILES string of the molecule is Cc1ccc(CN2CCC(Nc3nc4ccccc4cc3CO)C2=O)cc1. The number of likely N-dealkylation sites (tertiary alicyclic amines) is 1. The Labute approximate surface area is 158 Å². The Balaban J connectivity index is 1.51. The van der Waals surface area contributed by atoms with Gasteiger partial charge < -0.3 is 15.3 Å². The lowest BCUT2D eigenvalue weighted by atomic mass is 10.1. The number of nitrogens with zero attached hydrogens (tertiary/aromatic N) is 2. The number of carbonyl (C=O) groups excluding carboxylic acids is 1. The van der Waals surface area contributed by atoms with Crippen molar-refractivity contribution in [2.24, 2.45) is 0 Å². The highest BCUT2D eigenvalue weighted by molar-refractivity contribution is 5.88. The largest absolute Gasteiger partial charge is 0.392 e. The van der Waals surface area contributed by atoms with Gasteiger partial charge in [0, 0.05) is 24.0 Å². The number of benzene rings is 2. The highest BCUT2D eigenvalue weighted by atomic mass is 16.3.